The topological polar surface area (TPSA) is 91.1 Å². The van der Waals surface area contributed by atoms with E-state index in [4.69, 9.17) is 4.42 Å². The van der Waals surface area contributed by atoms with E-state index in [0.29, 0.717) is 41.5 Å². The Morgan fingerprint density at radius 2 is 1.92 bits per heavy atom. The minimum atomic E-state index is -0.649. The highest BCUT2D eigenvalue weighted by Gasteiger charge is 2.23. The number of phenolic OH excluding ortho intramolecular Hbond substituents is 1. The molecule has 0 atom stereocenters. The number of hydrogen-bond acceptors (Lipinski definition) is 6. The number of nitrogens with zero attached hydrogens (tertiary/aromatic N) is 2. The third-order valence-corrected chi connectivity index (χ3v) is 5.08. The van der Waals surface area contributed by atoms with Gasteiger partial charge in [0.25, 0.3) is 0 Å². The minimum absolute atomic E-state index is 0.0375. The van der Waals surface area contributed by atoms with E-state index >= 15 is 0 Å². The van der Waals surface area contributed by atoms with Crippen molar-refractivity contribution in [2.75, 3.05) is 33.2 Å². The molecular weight excluding hydrogens is 336 g/mol. The molecule has 2 heterocycles. The standard InChI is InChI=1S/C19H22N2O5/c1-11-8-13-12(2)14(9-16(23)21-6-4-20(3)5-7-21)19(25)26-18(13)15(10-22)17(11)24/h8,10,24H,4-7,9H2,1-3H3. The summed E-state index contributed by atoms with van der Waals surface area (Å²) in [7, 11) is 2.01. The van der Waals surface area contributed by atoms with Gasteiger partial charge >= 0.3 is 5.63 Å². The second-order valence-electron chi connectivity index (χ2n) is 6.80. The Hall–Kier alpha value is -2.67. The van der Waals surface area contributed by atoms with E-state index in [1.54, 1.807) is 24.8 Å². The van der Waals surface area contributed by atoms with Crippen LogP contribution >= 0.6 is 0 Å². The molecule has 0 radical (unpaired) electrons. The van der Waals surface area contributed by atoms with E-state index in [2.05, 4.69) is 4.90 Å². The Labute approximate surface area is 150 Å². The van der Waals surface area contributed by atoms with Crippen molar-refractivity contribution in [2.24, 2.45) is 0 Å². The molecule has 3 rings (SSSR count). The quantitative estimate of drug-likeness (QED) is 0.656. The van der Waals surface area contributed by atoms with E-state index in [0.717, 1.165) is 13.1 Å². The van der Waals surface area contributed by atoms with Gasteiger partial charge in [0.2, 0.25) is 5.91 Å². The molecule has 1 aromatic carbocycles. The number of aryl methyl sites for hydroxylation is 2. The van der Waals surface area contributed by atoms with Crippen molar-refractivity contribution < 1.29 is 19.1 Å². The van der Waals surface area contributed by atoms with E-state index in [-0.39, 0.29) is 29.2 Å². The van der Waals surface area contributed by atoms with Gasteiger partial charge in [-0.25, -0.2) is 4.79 Å². The molecule has 0 aliphatic carbocycles. The average Bonchev–Trinajstić information content (AvgIpc) is 2.61. The number of rotatable bonds is 3. The van der Waals surface area contributed by atoms with Crippen molar-refractivity contribution >= 4 is 23.2 Å². The second kappa shape index (κ2) is 6.92. The summed E-state index contributed by atoms with van der Waals surface area (Å²) in [6.07, 6.45) is 0.437. The molecule has 0 spiro atoms. The molecule has 7 nitrogen and oxygen atoms in total. The summed E-state index contributed by atoms with van der Waals surface area (Å²) in [5, 5.41) is 10.6. The number of aromatic hydroxyl groups is 1. The van der Waals surface area contributed by atoms with Crippen LogP contribution < -0.4 is 5.63 Å². The van der Waals surface area contributed by atoms with Crippen LogP contribution in [0.4, 0.5) is 0 Å². The Kier molecular flexibility index (Phi) is 4.82. The second-order valence-corrected chi connectivity index (χ2v) is 6.80. The van der Waals surface area contributed by atoms with Gasteiger partial charge in [-0.3, -0.25) is 9.59 Å². The first-order valence-corrected chi connectivity index (χ1v) is 8.53. The van der Waals surface area contributed by atoms with Crippen molar-refractivity contribution in [2.45, 2.75) is 20.3 Å². The van der Waals surface area contributed by atoms with Crippen molar-refractivity contribution in [3.63, 3.8) is 0 Å². The van der Waals surface area contributed by atoms with Crippen molar-refractivity contribution in [3.8, 4) is 5.75 Å². The van der Waals surface area contributed by atoms with Crippen molar-refractivity contribution in [3.05, 3.63) is 38.7 Å². The van der Waals surface area contributed by atoms with Crippen LogP contribution in [0.15, 0.2) is 15.3 Å². The van der Waals surface area contributed by atoms with Crippen LogP contribution in [0.3, 0.4) is 0 Å². The largest absolute Gasteiger partial charge is 0.507 e. The SMILES string of the molecule is Cc1cc2c(C)c(CC(=O)N3CCN(C)CC3)c(=O)oc2c(C=O)c1O. The summed E-state index contributed by atoms with van der Waals surface area (Å²) in [6, 6.07) is 1.67. The molecule has 2 aromatic rings. The summed E-state index contributed by atoms with van der Waals surface area (Å²) in [4.78, 5) is 40.3. The van der Waals surface area contributed by atoms with Gasteiger partial charge in [-0.05, 0) is 38.1 Å². The molecule has 0 saturated carbocycles. The summed E-state index contributed by atoms with van der Waals surface area (Å²) >= 11 is 0. The first kappa shape index (κ1) is 18.1. The highest BCUT2D eigenvalue weighted by molar-refractivity contribution is 5.99. The van der Waals surface area contributed by atoms with E-state index in [9.17, 15) is 19.5 Å². The summed E-state index contributed by atoms with van der Waals surface area (Å²) in [5.74, 6) is -0.310. The lowest BCUT2D eigenvalue weighted by Crippen LogP contribution is -2.47. The van der Waals surface area contributed by atoms with Gasteiger partial charge in [-0.2, -0.15) is 0 Å². The van der Waals surface area contributed by atoms with E-state index in [1.165, 1.54) is 0 Å². The summed E-state index contributed by atoms with van der Waals surface area (Å²) in [6.45, 7) is 6.28. The third-order valence-electron chi connectivity index (χ3n) is 5.08. The Morgan fingerprint density at radius 1 is 1.27 bits per heavy atom. The van der Waals surface area contributed by atoms with Crippen LogP contribution in [0.5, 0.6) is 5.75 Å². The molecule has 1 aliphatic heterocycles. The van der Waals surface area contributed by atoms with Gasteiger partial charge in [-0.1, -0.05) is 0 Å². The number of likely N-dealkylation sites (N-methyl/N-ethyl adjacent to an activating group) is 1. The van der Waals surface area contributed by atoms with Crippen molar-refractivity contribution in [1.29, 1.82) is 0 Å². The van der Waals surface area contributed by atoms with Gasteiger partial charge in [-0.15, -0.1) is 0 Å². The molecule has 1 amide bonds. The Bertz CT molecular complexity index is 939. The highest BCUT2D eigenvalue weighted by atomic mass is 16.4. The molecule has 1 aliphatic rings. The fraction of sp³-hybridized carbons (Fsp3) is 0.421. The predicted molar refractivity (Wildman–Crippen MR) is 96.8 cm³/mol. The molecule has 138 valence electrons. The molecule has 7 heteroatoms. The molecule has 1 N–H and O–H groups in total. The Morgan fingerprint density at radius 3 is 2.54 bits per heavy atom. The maximum Gasteiger partial charge on any atom is 0.340 e. The highest BCUT2D eigenvalue weighted by Crippen LogP contribution is 2.31. The van der Waals surface area contributed by atoms with Crippen LogP contribution in [0.25, 0.3) is 11.0 Å². The lowest BCUT2D eigenvalue weighted by Gasteiger charge is -2.32. The number of carbonyl (C=O) groups excluding carboxylic acids is 2. The monoisotopic (exact) mass is 358 g/mol. The fourth-order valence-corrected chi connectivity index (χ4v) is 3.31. The van der Waals surface area contributed by atoms with Gasteiger partial charge in [0, 0.05) is 31.6 Å². The van der Waals surface area contributed by atoms with Crippen LogP contribution in [0.1, 0.15) is 27.0 Å². The predicted octanol–water partition coefficient (Wildman–Crippen LogP) is 1.24. The number of piperazine rings is 1. The molecule has 1 aromatic heterocycles. The number of aldehydes is 1. The molecule has 1 fully saturated rings. The maximum absolute atomic E-state index is 12.6. The van der Waals surface area contributed by atoms with Gasteiger partial charge < -0.3 is 19.3 Å². The average molecular weight is 358 g/mol. The van der Waals surface area contributed by atoms with Gasteiger partial charge in [0.05, 0.1) is 17.5 Å². The number of benzene rings is 1. The fourth-order valence-electron chi connectivity index (χ4n) is 3.31. The maximum atomic E-state index is 12.6. The first-order chi connectivity index (χ1) is 12.3. The smallest absolute Gasteiger partial charge is 0.340 e. The van der Waals surface area contributed by atoms with Crippen LogP contribution in [-0.4, -0.2) is 60.3 Å². The van der Waals surface area contributed by atoms with Crippen LogP contribution in [-0.2, 0) is 11.2 Å². The summed E-state index contributed by atoms with van der Waals surface area (Å²) in [5.41, 5.74) is 0.767. The lowest BCUT2D eigenvalue weighted by molar-refractivity contribution is -0.132. The zero-order valence-electron chi connectivity index (χ0n) is 15.2. The van der Waals surface area contributed by atoms with Crippen LogP contribution in [0.2, 0.25) is 0 Å². The summed E-state index contributed by atoms with van der Waals surface area (Å²) < 4.78 is 5.31. The number of carbonyl (C=O) groups is 2. The zero-order valence-corrected chi connectivity index (χ0v) is 15.2. The van der Waals surface area contributed by atoms with E-state index in [1.807, 2.05) is 7.05 Å². The van der Waals surface area contributed by atoms with E-state index < -0.39 is 5.63 Å². The first-order valence-electron chi connectivity index (χ1n) is 8.53. The number of fused-ring (bicyclic) bond motifs is 1. The third kappa shape index (κ3) is 3.10. The molecule has 1 saturated heterocycles. The lowest BCUT2D eigenvalue weighted by atomic mass is 9.98. The van der Waals surface area contributed by atoms with Gasteiger partial charge in [0.15, 0.2) is 11.9 Å². The normalized spacial score (nSPS) is 15.4. The molecule has 0 unspecified atom stereocenters. The molecular formula is C19H22N2O5. The van der Waals surface area contributed by atoms with Crippen molar-refractivity contribution in [1.82, 2.24) is 9.80 Å². The number of amides is 1. The number of phenols is 1. The van der Waals surface area contributed by atoms with Gasteiger partial charge in [0.1, 0.15) is 5.75 Å². The zero-order chi connectivity index (χ0) is 19.0. The molecule has 0 bridgehead atoms. The van der Waals surface area contributed by atoms with Crippen LogP contribution in [0, 0.1) is 13.8 Å². The Balaban J connectivity index is 2.02. The minimum Gasteiger partial charge on any atom is -0.507 e. The molecule has 26 heavy (non-hydrogen) atoms. The number of hydrogen-bond donors (Lipinski definition) is 1.